The number of esters is 1. The van der Waals surface area contributed by atoms with Crippen LogP contribution in [0.4, 0.5) is 11.4 Å². The van der Waals surface area contributed by atoms with E-state index in [4.69, 9.17) is 0 Å². The molecule has 0 saturated heterocycles. The molecule has 8 nitrogen and oxygen atoms in total. The third kappa shape index (κ3) is 4.16. The van der Waals surface area contributed by atoms with Crippen molar-refractivity contribution < 1.29 is 19.2 Å². The molecule has 1 amide bonds. The van der Waals surface area contributed by atoms with Gasteiger partial charge in [0, 0.05) is 25.2 Å². The quantitative estimate of drug-likeness (QED) is 0.476. The lowest BCUT2D eigenvalue weighted by molar-refractivity contribution is -0.384. The largest absolute Gasteiger partial charge is 0.468 e. The third-order valence-electron chi connectivity index (χ3n) is 2.78. The molecule has 0 bridgehead atoms. The molecule has 0 unspecified atom stereocenters. The van der Waals surface area contributed by atoms with Crippen LogP contribution in [0.1, 0.15) is 17.3 Å². The average Bonchev–Trinajstić information content (AvgIpc) is 2.46. The van der Waals surface area contributed by atoms with Crippen molar-refractivity contribution in [3.63, 3.8) is 0 Å². The maximum atomic E-state index is 11.7. The summed E-state index contributed by atoms with van der Waals surface area (Å²) in [5, 5.41) is 13.7. The van der Waals surface area contributed by atoms with Crippen LogP contribution in [0.3, 0.4) is 0 Å². The van der Waals surface area contributed by atoms with Gasteiger partial charge in [0.25, 0.3) is 11.6 Å². The molecule has 0 aromatic heterocycles. The highest BCUT2D eigenvalue weighted by atomic mass is 16.6. The first-order chi connectivity index (χ1) is 9.90. The molecule has 114 valence electrons. The number of amides is 1. The van der Waals surface area contributed by atoms with E-state index in [2.05, 4.69) is 10.1 Å². The van der Waals surface area contributed by atoms with E-state index >= 15 is 0 Å². The Morgan fingerprint density at radius 3 is 2.62 bits per heavy atom. The highest BCUT2D eigenvalue weighted by Crippen LogP contribution is 2.28. The molecule has 0 atom stereocenters. The van der Waals surface area contributed by atoms with Crippen molar-refractivity contribution in [2.75, 3.05) is 32.1 Å². The van der Waals surface area contributed by atoms with E-state index < -0.39 is 10.9 Å². The number of rotatable bonds is 6. The van der Waals surface area contributed by atoms with Gasteiger partial charge >= 0.3 is 5.97 Å². The molecule has 0 aliphatic carbocycles. The van der Waals surface area contributed by atoms with Gasteiger partial charge in [-0.25, -0.2) is 0 Å². The molecule has 1 aromatic carbocycles. The molecule has 0 saturated carbocycles. The van der Waals surface area contributed by atoms with Crippen molar-refractivity contribution in [3.8, 4) is 0 Å². The molecule has 0 fully saturated rings. The summed E-state index contributed by atoms with van der Waals surface area (Å²) in [6.07, 6.45) is 0. The zero-order valence-corrected chi connectivity index (χ0v) is 12.1. The summed E-state index contributed by atoms with van der Waals surface area (Å²) >= 11 is 0. The average molecular weight is 295 g/mol. The number of hydrogen-bond donors (Lipinski definition) is 1. The van der Waals surface area contributed by atoms with Gasteiger partial charge in [-0.1, -0.05) is 0 Å². The van der Waals surface area contributed by atoms with Gasteiger partial charge in [-0.3, -0.25) is 19.7 Å². The number of carbonyl (C=O) groups excluding carboxylic acids is 2. The zero-order chi connectivity index (χ0) is 16.0. The molecule has 8 heteroatoms. The highest BCUT2D eigenvalue weighted by Gasteiger charge is 2.21. The molecular formula is C13H17N3O5. The van der Waals surface area contributed by atoms with Crippen molar-refractivity contribution >= 4 is 23.3 Å². The maximum absolute atomic E-state index is 11.7. The van der Waals surface area contributed by atoms with Crippen molar-refractivity contribution in [2.45, 2.75) is 6.92 Å². The van der Waals surface area contributed by atoms with E-state index in [9.17, 15) is 19.7 Å². The Morgan fingerprint density at radius 2 is 2.10 bits per heavy atom. The number of nitrogens with zero attached hydrogens (tertiary/aromatic N) is 2. The van der Waals surface area contributed by atoms with Gasteiger partial charge in [0.15, 0.2) is 0 Å². The van der Waals surface area contributed by atoms with Crippen molar-refractivity contribution in [1.29, 1.82) is 0 Å². The van der Waals surface area contributed by atoms with Gasteiger partial charge in [0.2, 0.25) is 0 Å². The van der Waals surface area contributed by atoms with E-state index in [-0.39, 0.29) is 29.4 Å². The number of benzene rings is 1. The number of carbonyl (C=O) groups is 2. The second-order valence-corrected chi connectivity index (χ2v) is 4.25. The molecule has 0 heterocycles. The Bertz CT molecular complexity index is 559. The molecule has 0 radical (unpaired) electrons. The normalized spacial score (nSPS) is 9.86. The van der Waals surface area contributed by atoms with Crippen LogP contribution in [0.25, 0.3) is 0 Å². The fourth-order valence-electron chi connectivity index (χ4n) is 1.74. The number of nitro groups is 1. The first-order valence-corrected chi connectivity index (χ1v) is 6.25. The molecule has 21 heavy (non-hydrogen) atoms. The van der Waals surface area contributed by atoms with Crippen LogP contribution in [-0.4, -0.2) is 44.0 Å². The van der Waals surface area contributed by atoms with Crippen molar-refractivity contribution in [2.24, 2.45) is 0 Å². The van der Waals surface area contributed by atoms with Gasteiger partial charge < -0.3 is 15.0 Å². The third-order valence-corrected chi connectivity index (χ3v) is 2.78. The predicted molar refractivity (Wildman–Crippen MR) is 76.4 cm³/mol. The van der Waals surface area contributed by atoms with Crippen LogP contribution < -0.4 is 10.2 Å². The summed E-state index contributed by atoms with van der Waals surface area (Å²) < 4.78 is 4.52. The molecule has 0 aliphatic heterocycles. The van der Waals surface area contributed by atoms with Crippen LogP contribution in [0.2, 0.25) is 0 Å². The predicted octanol–water partition coefficient (Wildman–Crippen LogP) is 0.954. The second kappa shape index (κ2) is 7.22. The summed E-state index contributed by atoms with van der Waals surface area (Å²) in [6, 6.07) is 4.10. The lowest BCUT2D eigenvalue weighted by Gasteiger charge is -2.18. The first-order valence-electron chi connectivity index (χ1n) is 6.25. The van der Waals surface area contributed by atoms with Gasteiger partial charge in [0.1, 0.15) is 12.2 Å². The summed E-state index contributed by atoms with van der Waals surface area (Å²) in [7, 11) is 2.77. The Labute approximate surface area is 121 Å². The second-order valence-electron chi connectivity index (χ2n) is 4.25. The van der Waals surface area contributed by atoms with E-state index in [0.717, 1.165) is 0 Å². The molecule has 1 rings (SSSR count). The molecule has 1 aromatic rings. The van der Waals surface area contributed by atoms with Crippen LogP contribution in [0, 0.1) is 10.1 Å². The molecular weight excluding hydrogens is 278 g/mol. The van der Waals surface area contributed by atoms with E-state index in [1.807, 2.05) is 0 Å². The summed E-state index contributed by atoms with van der Waals surface area (Å²) in [5.41, 5.74) is 0.183. The summed E-state index contributed by atoms with van der Waals surface area (Å²) in [5.74, 6) is -0.901. The summed E-state index contributed by atoms with van der Waals surface area (Å²) in [6.45, 7) is 2.05. The monoisotopic (exact) mass is 295 g/mol. The number of likely N-dealkylation sites (N-methyl/N-ethyl adjacent to an activating group) is 1. The standard InChI is InChI=1S/C13H17N3O5/c1-4-14-13(18)9-5-6-10(11(7-9)16(19)20)15(2)8-12(17)21-3/h5-7H,4,8H2,1-3H3,(H,14,18). The van der Waals surface area contributed by atoms with Gasteiger partial charge in [-0.05, 0) is 19.1 Å². The lowest BCUT2D eigenvalue weighted by atomic mass is 10.1. The topological polar surface area (TPSA) is 102 Å². The maximum Gasteiger partial charge on any atom is 0.325 e. The lowest BCUT2D eigenvalue weighted by Crippen LogP contribution is -2.27. The van der Waals surface area contributed by atoms with Crippen molar-refractivity contribution in [1.82, 2.24) is 5.32 Å². The summed E-state index contributed by atoms with van der Waals surface area (Å²) in [4.78, 5) is 34.9. The van der Waals surface area contributed by atoms with Crippen molar-refractivity contribution in [3.05, 3.63) is 33.9 Å². The Kier molecular flexibility index (Phi) is 5.65. The number of nitro benzene ring substituents is 1. The molecule has 0 aliphatic rings. The van der Waals surface area contributed by atoms with Crippen LogP contribution in [0.15, 0.2) is 18.2 Å². The number of hydrogen-bond acceptors (Lipinski definition) is 6. The van der Waals surface area contributed by atoms with Crippen LogP contribution in [-0.2, 0) is 9.53 Å². The minimum absolute atomic E-state index is 0.127. The fraction of sp³-hybridized carbons (Fsp3) is 0.385. The van der Waals surface area contributed by atoms with Crippen LogP contribution >= 0.6 is 0 Å². The minimum Gasteiger partial charge on any atom is -0.468 e. The number of methoxy groups -OCH3 is 1. The number of anilines is 1. The molecule has 0 spiro atoms. The zero-order valence-electron chi connectivity index (χ0n) is 12.1. The van der Waals surface area contributed by atoms with Gasteiger partial charge in [-0.2, -0.15) is 0 Å². The van der Waals surface area contributed by atoms with E-state index in [1.165, 1.54) is 37.3 Å². The Balaban J connectivity index is 3.13. The van der Waals surface area contributed by atoms with Gasteiger partial charge in [-0.15, -0.1) is 0 Å². The first kappa shape index (κ1) is 16.4. The molecule has 1 N–H and O–H groups in total. The highest BCUT2D eigenvalue weighted by molar-refractivity contribution is 5.95. The minimum atomic E-state index is -0.591. The Hall–Kier alpha value is -2.64. The van der Waals surface area contributed by atoms with Gasteiger partial charge in [0.05, 0.1) is 12.0 Å². The van der Waals surface area contributed by atoms with E-state index in [1.54, 1.807) is 6.92 Å². The van der Waals surface area contributed by atoms with E-state index in [0.29, 0.717) is 6.54 Å². The Morgan fingerprint density at radius 1 is 1.43 bits per heavy atom. The fourth-order valence-corrected chi connectivity index (χ4v) is 1.74. The number of nitrogens with one attached hydrogen (secondary N) is 1. The van der Waals surface area contributed by atoms with Crippen LogP contribution in [0.5, 0.6) is 0 Å². The smallest absolute Gasteiger partial charge is 0.325 e. The SMILES string of the molecule is CCNC(=O)c1ccc(N(C)CC(=O)OC)c([N+](=O)[O-])c1. The number of ether oxygens (including phenoxy) is 1.